The zero-order chi connectivity index (χ0) is 15.6. The lowest BCUT2D eigenvalue weighted by Crippen LogP contribution is -2.42. The summed E-state index contributed by atoms with van der Waals surface area (Å²) in [5.41, 5.74) is 0.759. The Labute approximate surface area is 123 Å². The van der Waals surface area contributed by atoms with Crippen molar-refractivity contribution >= 4 is 11.6 Å². The van der Waals surface area contributed by atoms with Crippen molar-refractivity contribution in [1.29, 1.82) is 0 Å². The van der Waals surface area contributed by atoms with E-state index in [1.165, 1.54) is 11.1 Å². The van der Waals surface area contributed by atoms with Crippen LogP contribution in [0.2, 0.25) is 0 Å². The molecule has 0 radical (unpaired) electrons. The average Bonchev–Trinajstić information content (AvgIpc) is 2.67. The summed E-state index contributed by atoms with van der Waals surface area (Å²) < 4.78 is 1.41. The number of aromatic nitrogens is 2. The lowest BCUT2D eigenvalue weighted by molar-refractivity contribution is -0.386. The molecule has 0 aliphatic heterocycles. The second-order valence-corrected chi connectivity index (χ2v) is 5.87. The van der Waals surface area contributed by atoms with Crippen molar-refractivity contribution in [3.63, 3.8) is 0 Å². The molecule has 1 N–H and O–H groups in total. The first-order valence-electron chi connectivity index (χ1n) is 7.38. The molecule has 1 saturated carbocycles. The molecular formula is C14H22N4O3. The van der Waals surface area contributed by atoms with E-state index in [9.17, 15) is 14.9 Å². The zero-order valence-electron chi connectivity index (χ0n) is 12.8. The minimum Gasteiger partial charge on any atom is -0.351 e. The van der Waals surface area contributed by atoms with Gasteiger partial charge in [0.25, 0.3) is 0 Å². The van der Waals surface area contributed by atoms with Gasteiger partial charge in [0.05, 0.1) is 4.92 Å². The van der Waals surface area contributed by atoms with Crippen molar-refractivity contribution in [3.8, 4) is 0 Å². The molecule has 2 unspecified atom stereocenters. The molecule has 116 valence electrons. The van der Waals surface area contributed by atoms with Crippen molar-refractivity contribution in [1.82, 2.24) is 15.1 Å². The topological polar surface area (TPSA) is 90.1 Å². The van der Waals surface area contributed by atoms with Crippen LogP contribution in [0.25, 0.3) is 0 Å². The highest BCUT2D eigenvalue weighted by Crippen LogP contribution is 2.24. The standard InChI is InChI=1S/C14H22N4O3/c1-9-6-4-5-7-12(9)15-13(19)8-17-11(3)14(18(20)21)10(2)16-17/h9,12H,4-8H2,1-3H3,(H,15,19). The molecule has 1 aromatic heterocycles. The van der Waals surface area contributed by atoms with Crippen LogP contribution in [0.15, 0.2) is 0 Å². The van der Waals surface area contributed by atoms with E-state index in [0.717, 1.165) is 19.3 Å². The first-order valence-corrected chi connectivity index (χ1v) is 7.38. The van der Waals surface area contributed by atoms with E-state index in [4.69, 9.17) is 0 Å². The molecule has 21 heavy (non-hydrogen) atoms. The summed E-state index contributed by atoms with van der Waals surface area (Å²) in [6.07, 6.45) is 4.50. The number of nitrogens with zero attached hydrogens (tertiary/aromatic N) is 3. The molecule has 2 atom stereocenters. The molecule has 0 bridgehead atoms. The molecule has 1 heterocycles. The molecule has 7 heteroatoms. The van der Waals surface area contributed by atoms with Crippen molar-refractivity contribution < 1.29 is 9.72 Å². The maximum Gasteiger partial charge on any atom is 0.312 e. The van der Waals surface area contributed by atoms with Crippen LogP contribution >= 0.6 is 0 Å². The summed E-state index contributed by atoms with van der Waals surface area (Å²) in [5.74, 6) is 0.353. The van der Waals surface area contributed by atoms with Gasteiger partial charge in [0.2, 0.25) is 5.91 Å². The van der Waals surface area contributed by atoms with Crippen molar-refractivity contribution in [2.24, 2.45) is 5.92 Å². The van der Waals surface area contributed by atoms with Crippen LogP contribution in [0.5, 0.6) is 0 Å². The van der Waals surface area contributed by atoms with Crippen LogP contribution in [0.4, 0.5) is 5.69 Å². The fraction of sp³-hybridized carbons (Fsp3) is 0.714. The van der Waals surface area contributed by atoms with E-state index in [1.807, 2.05) is 0 Å². The number of rotatable bonds is 4. The molecule has 1 aliphatic rings. The Morgan fingerprint density at radius 2 is 2.10 bits per heavy atom. The third kappa shape index (κ3) is 3.40. The summed E-state index contributed by atoms with van der Waals surface area (Å²) in [6, 6.07) is 0.207. The van der Waals surface area contributed by atoms with Gasteiger partial charge in [0.1, 0.15) is 17.9 Å². The van der Waals surface area contributed by atoms with Gasteiger partial charge in [0.15, 0.2) is 0 Å². The van der Waals surface area contributed by atoms with Gasteiger partial charge in [-0.2, -0.15) is 5.10 Å². The Kier molecular flexibility index (Phi) is 4.59. The van der Waals surface area contributed by atoms with E-state index in [1.54, 1.807) is 13.8 Å². The molecule has 1 fully saturated rings. The molecule has 1 aromatic rings. The van der Waals surface area contributed by atoms with E-state index in [-0.39, 0.29) is 24.2 Å². The molecule has 1 amide bonds. The summed E-state index contributed by atoms with van der Waals surface area (Å²) >= 11 is 0. The Morgan fingerprint density at radius 1 is 1.43 bits per heavy atom. The predicted molar refractivity (Wildman–Crippen MR) is 77.9 cm³/mol. The third-order valence-corrected chi connectivity index (χ3v) is 4.28. The fourth-order valence-corrected chi connectivity index (χ4v) is 3.02. The number of carbonyl (C=O) groups is 1. The fourth-order valence-electron chi connectivity index (χ4n) is 3.02. The minimum absolute atomic E-state index is 0.00571. The quantitative estimate of drug-likeness (QED) is 0.680. The molecule has 0 aromatic carbocycles. The summed E-state index contributed by atoms with van der Waals surface area (Å²) in [7, 11) is 0. The molecule has 0 spiro atoms. The molecule has 2 rings (SSSR count). The van der Waals surface area contributed by atoms with Gasteiger partial charge in [-0.3, -0.25) is 19.6 Å². The highest BCUT2D eigenvalue weighted by atomic mass is 16.6. The van der Waals surface area contributed by atoms with Gasteiger partial charge in [0, 0.05) is 6.04 Å². The average molecular weight is 294 g/mol. The van der Waals surface area contributed by atoms with Gasteiger partial charge in [-0.1, -0.05) is 19.8 Å². The number of hydrogen-bond donors (Lipinski definition) is 1. The largest absolute Gasteiger partial charge is 0.351 e. The lowest BCUT2D eigenvalue weighted by atomic mass is 9.86. The van der Waals surface area contributed by atoms with Crippen LogP contribution in [-0.2, 0) is 11.3 Å². The van der Waals surface area contributed by atoms with Crippen molar-refractivity contribution in [3.05, 3.63) is 21.5 Å². The summed E-state index contributed by atoms with van der Waals surface area (Å²) in [4.78, 5) is 22.6. The van der Waals surface area contributed by atoms with Gasteiger partial charge in [-0.25, -0.2) is 0 Å². The molecule has 0 saturated heterocycles. The van der Waals surface area contributed by atoms with Gasteiger partial charge >= 0.3 is 5.69 Å². The maximum absolute atomic E-state index is 12.1. The van der Waals surface area contributed by atoms with Crippen LogP contribution in [0.3, 0.4) is 0 Å². The third-order valence-electron chi connectivity index (χ3n) is 4.28. The van der Waals surface area contributed by atoms with Crippen molar-refractivity contribution in [2.45, 2.75) is 59.0 Å². The zero-order valence-corrected chi connectivity index (χ0v) is 12.8. The summed E-state index contributed by atoms with van der Waals surface area (Å²) in [5, 5.41) is 18.1. The summed E-state index contributed by atoms with van der Waals surface area (Å²) in [6.45, 7) is 5.39. The van der Waals surface area contributed by atoms with E-state index >= 15 is 0 Å². The number of hydrogen-bond acceptors (Lipinski definition) is 4. The first-order chi connectivity index (χ1) is 9.90. The predicted octanol–water partition coefficient (Wildman–Crippen LogP) is 2.10. The minimum atomic E-state index is -0.449. The Bertz CT molecular complexity index is 553. The first kappa shape index (κ1) is 15.5. The Hall–Kier alpha value is -1.92. The molecule has 1 aliphatic carbocycles. The maximum atomic E-state index is 12.1. The van der Waals surface area contributed by atoms with E-state index in [0.29, 0.717) is 17.3 Å². The van der Waals surface area contributed by atoms with Crippen LogP contribution in [0, 0.1) is 29.9 Å². The highest BCUT2D eigenvalue weighted by molar-refractivity contribution is 5.76. The molecule has 7 nitrogen and oxygen atoms in total. The Morgan fingerprint density at radius 3 is 2.67 bits per heavy atom. The lowest BCUT2D eigenvalue weighted by Gasteiger charge is -2.29. The number of amides is 1. The van der Waals surface area contributed by atoms with E-state index < -0.39 is 4.92 Å². The van der Waals surface area contributed by atoms with Crippen LogP contribution in [0.1, 0.15) is 44.0 Å². The van der Waals surface area contributed by atoms with Crippen molar-refractivity contribution in [2.75, 3.05) is 0 Å². The number of nitro groups is 1. The van der Waals surface area contributed by atoms with Gasteiger partial charge in [-0.15, -0.1) is 0 Å². The number of nitrogens with one attached hydrogen (secondary N) is 1. The smallest absolute Gasteiger partial charge is 0.312 e. The monoisotopic (exact) mass is 294 g/mol. The Balaban J connectivity index is 2.03. The highest BCUT2D eigenvalue weighted by Gasteiger charge is 2.25. The number of carbonyl (C=O) groups excluding carboxylic acids is 1. The molecular weight excluding hydrogens is 272 g/mol. The van der Waals surface area contributed by atoms with Crippen LogP contribution < -0.4 is 5.32 Å². The second kappa shape index (κ2) is 6.24. The SMILES string of the molecule is Cc1nn(CC(=O)NC2CCCCC2C)c(C)c1[N+](=O)[O-]. The second-order valence-electron chi connectivity index (χ2n) is 5.87. The van der Waals surface area contributed by atoms with E-state index in [2.05, 4.69) is 17.3 Å². The normalized spacial score (nSPS) is 22.0. The van der Waals surface area contributed by atoms with Gasteiger partial charge < -0.3 is 5.32 Å². The number of aryl methyl sites for hydroxylation is 1. The van der Waals surface area contributed by atoms with Crippen LogP contribution in [-0.4, -0.2) is 26.7 Å². The van der Waals surface area contributed by atoms with Gasteiger partial charge in [-0.05, 0) is 32.6 Å².